The Hall–Kier alpha value is -1.36. The van der Waals surface area contributed by atoms with Crippen molar-refractivity contribution in [2.75, 3.05) is 5.73 Å². The Kier molecular flexibility index (Phi) is 3.47. The van der Waals surface area contributed by atoms with Gasteiger partial charge in [-0.2, -0.15) is 9.78 Å². The van der Waals surface area contributed by atoms with E-state index in [1.807, 2.05) is 13.8 Å². The summed E-state index contributed by atoms with van der Waals surface area (Å²) in [6.07, 6.45) is 0.636. The van der Waals surface area contributed by atoms with Crippen molar-refractivity contribution in [2.45, 2.75) is 33.2 Å². The number of rotatable bonds is 3. The van der Waals surface area contributed by atoms with Crippen molar-refractivity contribution in [1.82, 2.24) is 9.78 Å². The van der Waals surface area contributed by atoms with Gasteiger partial charge in [0, 0.05) is 6.07 Å². The van der Waals surface area contributed by atoms with Gasteiger partial charge in [0.15, 0.2) is 0 Å². The van der Waals surface area contributed by atoms with Crippen LogP contribution in [-0.4, -0.2) is 21.7 Å². The lowest BCUT2D eigenvalue weighted by molar-refractivity contribution is 0.0855. The zero-order valence-electron chi connectivity index (χ0n) is 9.40. The Morgan fingerprint density at radius 2 is 2.20 bits per heavy atom. The number of hydrogen-bond acceptors (Lipinski definition) is 4. The molecule has 0 saturated carbocycles. The second-order valence-electron chi connectivity index (χ2n) is 4.20. The van der Waals surface area contributed by atoms with Gasteiger partial charge in [-0.3, -0.25) is 4.79 Å². The van der Waals surface area contributed by atoms with Gasteiger partial charge >= 0.3 is 0 Å². The molecule has 0 radical (unpaired) electrons. The smallest absolute Gasteiger partial charge is 0.265 e. The highest BCUT2D eigenvalue weighted by atomic mass is 16.2. The molecule has 4 N–H and O–H groups in total. The Labute approximate surface area is 89.4 Å². The molecule has 0 aromatic carbocycles. The van der Waals surface area contributed by atoms with Crippen molar-refractivity contribution in [3.05, 3.63) is 11.8 Å². The summed E-state index contributed by atoms with van der Waals surface area (Å²) in [4.78, 5) is 11.8. The molecule has 0 bridgehead atoms. The van der Waals surface area contributed by atoms with Crippen molar-refractivity contribution < 1.29 is 4.79 Å². The van der Waals surface area contributed by atoms with Gasteiger partial charge in [0.2, 0.25) is 0 Å². The molecule has 1 heterocycles. The van der Waals surface area contributed by atoms with Crippen LogP contribution in [-0.2, 0) is 0 Å². The number of carbonyl (C=O) groups excluding carboxylic acids is 1. The molecule has 0 spiro atoms. The molecule has 84 valence electrons. The van der Waals surface area contributed by atoms with E-state index in [9.17, 15) is 4.79 Å². The quantitative estimate of drug-likeness (QED) is 0.772. The Morgan fingerprint density at radius 3 is 2.60 bits per heavy atom. The second-order valence-corrected chi connectivity index (χ2v) is 4.20. The first-order valence-corrected chi connectivity index (χ1v) is 5.03. The highest BCUT2D eigenvalue weighted by Crippen LogP contribution is 2.09. The summed E-state index contributed by atoms with van der Waals surface area (Å²) in [5.74, 6) is 0.479. The number of carbonyl (C=O) groups is 1. The summed E-state index contributed by atoms with van der Waals surface area (Å²) >= 11 is 0. The maximum absolute atomic E-state index is 11.8. The predicted octanol–water partition coefficient (Wildman–Crippen LogP) is 0.787. The van der Waals surface area contributed by atoms with Crippen LogP contribution >= 0.6 is 0 Å². The van der Waals surface area contributed by atoms with E-state index in [1.165, 1.54) is 4.68 Å². The number of nitrogens with zero attached hydrogens (tertiary/aromatic N) is 2. The van der Waals surface area contributed by atoms with E-state index in [2.05, 4.69) is 5.10 Å². The molecule has 0 aliphatic carbocycles. The molecule has 0 unspecified atom stereocenters. The number of aromatic nitrogens is 2. The molecule has 5 nitrogen and oxygen atoms in total. The van der Waals surface area contributed by atoms with Gasteiger partial charge in [-0.05, 0) is 19.3 Å². The van der Waals surface area contributed by atoms with E-state index >= 15 is 0 Å². The number of hydrogen-bond donors (Lipinski definition) is 2. The maximum Gasteiger partial charge on any atom is 0.265 e. The highest BCUT2D eigenvalue weighted by molar-refractivity contribution is 5.85. The van der Waals surface area contributed by atoms with Crippen LogP contribution in [0.2, 0.25) is 0 Å². The van der Waals surface area contributed by atoms with Crippen LogP contribution in [0.25, 0.3) is 0 Å². The first kappa shape index (κ1) is 11.7. The molecule has 1 aromatic heterocycles. The third kappa shape index (κ3) is 2.79. The standard InChI is InChI=1S/C10H18N4O/c1-6(2)4-8(11)10(15)14-9(12)5-7(3)13-14/h5-6,8H,4,11-12H2,1-3H3/t8-/m1/s1. The van der Waals surface area contributed by atoms with Gasteiger partial charge in [-0.15, -0.1) is 0 Å². The molecule has 0 aliphatic heterocycles. The molecular weight excluding hydrogens is 192 g/mol. The summed E-state index contributed by atoms with van der Waals surface area (Å²) < 4.78 is 1.18. The molecule has 0 fully saturated rings. The number of aryl methyl sites for hydroxylation is 1. The van der Waals surface area contributed by atoms with Gasteiger partial charge in [-0.1, -0.05) is 13.8 Å². The van der Waals surface area contributed by atoms with Crippen molar-refractivity contribution in [3.8, 4) is 0 Å². The van der Waals surface area contributed by atoms with Crippen molar-refractivity contribution in [3.63, 3.8) is 0 Å². The van der Waals surface area contributed by atoms with Gasteiger partial charge in [0.05, 0.1) is 11.7 Å². The third-order valence-corrected chi connectivity index (χ3v) is 2.11. The fourth-order valence-corrected chi connectivity index (χ4v) is 1.46. The lowest BCUT2D eigenvalue weighted by atomic mass is 10.0. The summed E-state index contributed by atoms with van der Waals surface area (Å²) in [7, 11) is 0. The number of nitrogens with two attached hydrogens (primary N) is 2. The van der Waals surface area contributed by atoms with Crippen LogP contribution in [0, 0.1) is 12.8 Å². The minimum Gasteiger partial charge on any atom is -0.383 e. The van der Waals surface area contributed by atoms with Crippen LogP contribution in [0.1, 0.15) is 30.8 Å². The van der Waals surface area contributed by atoms with E-state index in [0.717, 1.165) is 5.69 Å². The zero-order valence-corrected chi connectivity index (χ0v) is 9.40. The van der Waals surface area contributed by atoms with E-state index in [1.54, 1.807) is 13.0 Å². The van der Waals surface area contributed by atoms with Gasteiger partial charge < -0.3 is 11.5 Å². The van der Waals surface area contributed by atoms with E-state index in [-0.39, 0.29) is 5.91 Å². The monoisotopic (exact) mass is 210 g/mol. The minimum atomic E-state index is -0.536. The molecule has 1 rings (SSSR count). The summed E-state index contributed by atoms with van der Waals surface area (Å²) in [5, 5.41) is 4.00. The number of nitrogen functional groups attached to an aromatic ring is 1. The predicted molar refractivity (Wildman–Crippen MR) is 59.4 cm³/mol. The Bertz CT molecular complexity index is 356. The molecule has 5 heteroatoms. The first-order chi connectivity index (χ1) is 6.91. The molecule has 1 atom stereocenters. The lowest BCUT2D eigenvalue weighted by Gasteiger charge is -2.13. The maximum atomic E-state index is 11.8. The average molecular weight is 210 g/mol. The van der Waals surface area contributed by atoms with Gasteiger partial charge in [0.25, 0.3) is 5.91 Å². The largest absolute Gasteiger partial charge is 0.383 e. The molecular formula is C10H18N4O. The van der Waals surface area contributed by atoms with Crippen LogP contribution in [0.3, 0.4) is 0 Å². The lowest BCUT2D eigenvalue weighted by Crippen LogP contribution is -2.37. The van der Waals surface area contributed by atoms with Crippen molar-refractivity contribution in [1.29, 1.82) is 0 Å². The third-order valence-electron chi connectivity index (χ3n) is 2.11. The van der Waals surface area contributed by atoms with Crippen molar-refractivity contribution >= 4 is 11.7 Å². The molecule has 0 amide bonds. The van der Waals surface area contributed by atoms with Crippen LogP contribution in [0.4, 0.5) is 5.82 Å². The van der Waals surface area contributed by atoms with E-state index < -0.39 is 6.04 Å². The Morgan fingerprint density at radius 1 is 1.60 bits per heavy atom. The molecule has 0 aliphatic rings. The summed E-state index contributed by atoms with van der Waals surface area (Å²) in [6, 6.07) is 1.12. The average Bonchev–Trinajstić information content (AvgIpc) is 2.42. The first-order valence-electron chi connectivity index (χ1n) is 5.03. The highest BCUT2D eigenvalue weighted by Gasteiger charge is 2.19. The van der Waals surface area contributed by atoms with Gasteiger partial charge in [0.1, 0.15) is 5.82 Å². The SMILES string of the molecule is Cc1cc(N)n(C(=O)[C@H](N)CC(C)C)n1. The summed E-state index contributed by atoms with van der Waals surface area (Å²) in [6.45, 7) is 5.82. The second kappa shape index (κ2) is 4.44. The minimum absolute atomic E-state index is 0.241. The van der Waals surface area contributed by atoms with E-state index in [4.69, 9.17) is 11.5 Å². The summed E-state index contributed by atoms with van der Waals surface area (Å²) in [5.41, 5.74) is 12.1. The molecule has 0 saturated heterocycles. The zero-order chi connectivity index (χ0) is 11.6. The topological polar surface area (TPSA) is 86.9 Å². The van der Waals surface area contributed by atoms with Crippen LogP contribution in [0.5, 0.6) is 0 Å². The fourth-order valence-electron chi connectivity index (χ4n) is 1.46. The van der Waals surface area contributed by atoms with Crippen LogP contribution < -0.4 is 11.5 Å². The molecule has 15 heavy (non-hydrogen) atoms. The normalized spacial score (nSPS) is 13.1. The Balaban J connectivity index is 2.80. The number of anilines is 1. The van der Waals surface area contributed by atoms with Crippen molar-refractivity contribution in [2.24, 2.45) is 11.7 Å². The molecule has 1 aromatic rings. The van der Waals surface area contributed by atoms with E-state index in [0.29, 0.717) is 18.2 Å². The van der Waals surface area contributed by atoms with Gasteiger partial charge in [-0.25, -0.2) is 0 Å². The van der Waals surface area contributed by atoms with Crippen LogP contribution in [0.15, 0.2) is 6.07 Å². The fraction of sp³-hybridized carbons (Fsp3) is 0.600.